The lowest BCUT2D eigenvalue weighted by Crippen LogP contribution is -2.29. The van der Waals surface area contributed by atoms with Gasteiger partial charge in [-0.1, -0.05) is 15.9 Å². The second-order valence-corrected chi connectivity index (χ2v) is 6.92. The largest absolute Gasteiger partial charge is 0.444 e. The number of ether oxygens (including phenoxy) is 1. The number of hydrogen-bond donors (Lipinski definition) is 2. The highest BCUT2D eigenvalue weighted by Crippen LogP contribution is 2.33. The van der Waals surface area contributed by atoms with Gasteiger partial charge in [0.25, 0.3) is 0 Å². The molecule has 0 saturated heterocycles. The van der Waals surface area contributed by atoms with E-state index >= 15 is 0 Å². The first-order valence-corrected chi connectivity index (χ1v) is 7.59. The molecule has 110 valence electrons. The summed E-state index contributed by atoms with van der Waals surface area (Å²) in [5.41, 5.74) is 3.85. The Labute approximate surface area is 128 Å². The Morgan fingerprint density at radius 2 is 2.10 bits per heavy atom. The molecular weight excluding hydrogens is 320 g/mol. The molecule has 1 heterocycles. The quantitative estimate of drug-likeness (QED) is 0.818. The first kappa shape index (κ1) is 15.3. The van der Waals surface area contributed by atoms with E-state index in [2.05, 4.69) is 26.6 Å². The third kappa shape index (κ3) is 3.52. The van der Waals surface area contributed by atoms with Crippen LogP contribution in [0, 0.1) is 6.92 Å². The van der Waals surface area contributed by atoms with Crippen molar-refractivity contribution in [1.29, 1.82) is 0 Å². The zero-order valence-corrected chi connectivity index (χ0v) is 14.0. The Balaban J connectivity index is 2.30. The molecule has 1 amide bonds. The summed E-state index contributed by atoms with van der Waals surface area (Å²) in [4.78, 5) is 12.0. The van der Waals surface area contributed by atoms with Crippen molar-refractivity contribution in [2.45, 2.75) is 46.3 Å². The Morgan fingerprint density at radius 1 is 1.40 bits per heavy atom. The average Bonchev–Trinajstić information content (AvgIpc) is 2.32. The maximum atomic E-state index is 12.0. The number of benzene rings is 1. The predicted octanol–water partition coefficient (Wildman–Crippen LogP) is 3.75. The average molecular weight is 341 g/mol. The van der Waals surface area contributed by atoms with E-state index in [0.29, 0.717) is 0 Å². The molecular formula is C15H21BrN2O2. The van der Waals surface area contributed by atoms with Crippen molar-refractivity contribution in [3.63, 3.8) is 0 Å². The summed E-state index contributed by atoms with van der Waals surface area (Å²) in [6, 6.07) is 2.04. The maximum absolute atomic E-state index is 12.0. The number of hydrogen-bond acceptors (Lipinski definition) is 3. The van der Waals surface area contributed by atoms with Crippen molar-refractivity contribution in [2.75, 3.05) is 11.9 Å². The summed E-state index contributed by atoms with van der Waals surface area (Å²) in [7, 11) is 0. The number of carbonyl (C=O) groups is 1. The molecule has 0 fully saturated rings. The van der Waals surface area contributed by atoms with Crippen molar-refractivity contribution in [2.24, 2.45) is 0 Å². The fraction of sp³-hybridized carbons (Fsp3) is 0.533. The molecule has 2 N–H and O–H groups in total. The molecule has 20 heavy (non-hydrogen) atoms. The second-order valence-electron chi connectivity index (χ2n) is 6.06. The molecule has 0 aliphatic carbocycles. The van der Waals surface area contributed by atoms with E-state index in [1.807, 2.05) is 33.8 Å². The highest BCUT2D eigenvalue weighted by molar-refractivity contribution is 9.10. The third-order valence-corrected chi connectivity index (χ3v) is 3.88. The minimum Gasteiger partial charge on any atom is -0.444 e. The lowest BCUT2D eigenvalue weighted by Gasteiger charge is -2.25. The Hall–Kier alpha value is -1.07. The molecule has 1 aliphatic heterocycles. The number of nitrogens with one attached hydrogen (secondary N) is 2. The fourth-order valence-electron chi connectivity index (χ4n) is 2.36. The summed E-state index contributed by atoms with van der Waals surface area (Å²) in [5, 5.41) is 6.26. The molecule has 0 aromatic heterocycles. The van der Waals surface area contributed by atoms with E-state index in [1.165, 1.54) is 11.1 Å². The fourth-order valence-corrected chi connectivity index (χ4v) is 3.08. The van der Waals surface area contributed by atoms with Gasteiger partial charge in [0.1, 0.15) is 5.60 Å². The number of fused-ring (bicyclic) bond motifs is 1. The van der Waals surface area contributed by atoms with Gasteiger partial charge in [-0.05, 0) is 63.4 Å². The molecule has 0 spiro atoms. The number of amides is 1. The molecule has 1 aliphatic rings. The first-order valence-electron chi connectivity index (χ1n) is 6.79. The van der Waals surface area contributed by atoms with Crippen LogP contribution in [0.3, 0.4) is 0 Å². The van der Waals surface area contributed by atoms with Crippen LogP contribution in [0.15, 0.2) is 10.5 Å². The molecule has 0 unspecified atom stereocenters. The van der Waals surface area contributed by atoms with Gasteiger partial charge in [0.2, 0.25) is 0 Å². The van der Waals surface area contributed by atoms with Crippen LogP contribution >= 0.6 is 15.9 Å². The van der Waals surface area contributed by atoms with E-state index in [0.717, 1.165) is 35.2 Å². The number of aryl methyl sites for hydroxylation is 1. The van der Waals surface area contributed by atoms with Gasteiger partial charge in [-0.25, -0.2) is 4.79 Å². The van der Waals surface area contributed by atoms with Gasteiger partial charge in [-0.2, -0.15) is 0 Å². The lowest BCUT2D eigenvalue weighted by molar-refractivity contribution is 0.0635. The second kappa shape index (κ2) is 5.74. The van der Waals surface area contributed by atoms with Crippen LogP contribution in [0.25, 0.3) is 0 Å². The van der Waals surface area contributed by atoms with Gasteiger partial charge in [0, 0.05) is 11.0 Å². The van der Waals surface area contributed by atoms with Crippen molar-refractivity contribution in [3.8, 4) is 0 Å². The van der Waals surface area contributed by atoms with E-state index in [-0.39, 0.29) is 0 Å². The SMILES string of the molecule is Cc1cc(Br)c2c(c1NC(=O)OC(C)(C)C)CCNC2. The number of carbonyl (C=O) groups excluding carboxylic acids is 1. The molecule has 0 bridgehead atoms. The standard InChI is InChI=1S/C15H21BrN2O2/c1-9-7-12(16)11-8-17-6-5-10(11)13(9)18-14(19)20-15(2,3)4/h7,17H,5-6,8H2,1-4H3,(H,18,19). The van der Waals surface area contributed by atoms with Crippen LogP contribution in [-0.2, 0) is 17.7 Å². The van der Waals surface area contributed by atoms with Crippen molar-refractivity contribution in [1.82, 2.24) is 5.32 Å². The summed E-state index contributed by atoms with van der Waals surface area (Å²) in [6.07, 6.45) is 0.504. The molecule has 0 radical (unpaired) electrons. The zero-order chi connectivity index (χ0) is 14.9. The summed E-state index contributed by atoms with van der Waals surface area (Å²) >= 11 is 3.60. The van der Waals surface area contributed by atoms with Crippen LogP contribution < -0.4 is 10.6 Å². The van der Waals surface area contributed by atoms with Crippen LogP contribution in [0.1, 0.15) is 37.5 Å². The third-order valence-electron chi connectivity index (χ3n) is 3.17. The molecule has 1 aromatic carbocycles. The van der Waals surface area contributed by atoms with Crippen LogP contribution in [0.4, 0.5) is 10.5 Å². The summed E-state index contributed by atoms with van der Waals surface area (Å²) in [5.74, 6) is 0. The number of rotatable bonds is 1. The monoisotopic (exact) mass is 340 g/mol. The first-order chi connectivity index (χ1) is 9.28. The Morgan fingerprint density at radius 3 is 2.75 bits per heavy atom. The summed E-state index contributed by atoms with van der Waals surface area (Å²) in [6.45, 7) is 9.33. The lowest BCUT2D eigenvalue weighted by atomic mass is 9.96. The maximum Gasteiger partial charge on any atom is 0.412 e. The van der Waals surface area contributed by atoms with E-state index in [9.17, 15) is 4.79 Å². The van der Waals surface area contributed by atoms with Gasteiger partial charge in [0.15, 0.2) is 0 Å². The minimum atomic E-state index is -0.491. The predicted molar refractivity (Wildman–Crippen MR) is 84.1 cm³/mol. The van der Waals surface area contributed by atoms with Gasteiger partial charge >= 0.3 is 6.09 Å². The van der Waals surface area contributed by atoms with Crippen molar-refractivity contribution >= 4 is 27.7 Å². The van der Waals surface area contributed by atoms with E-state index in [4.69, 9.17) is 4.74 Å². The normalized spacial score (nSPS) is 14.7. The summed E-state index contributed by atoms with van der Waals surface area (Å²) < 4.78 is 6.43. The smallest absolute Gasteiger partial charge is 0.412 e. The van der Waals surface area contributed by atoms with Gasteiger partial charge in [-0.15, -0.1) is 0 Å². The Kier molecular flexibility index (Phi) is 4.39. The van der Waals surface area contributed by atoms with Crippen molar-refractivity contribution < 1.29 is 9.53 Å². The van der Waals surface area contributed by atoms with E-state index < -0.39 is 11.7 Å². The van der Waals surface area contributed by atoms with Gasteiger partial charge in [0.05, 0.1) is 5.69 Å². The Bertz CT molecular complexity index is 536. The molecule has 2 rings (SSSR count). The molecule has 5 heteroatoms. The van der Waals surface area contributed by atoms with Crippen molar-refractivity contribution in [3.05, 3.63) is 27.2 Å². The highest BCUT2D eigenvalue weighted by Gasteiger charge is 2.22. The molecule has 0 atom stereocenters. The van der Waals surface area contributed by atoms with Crippen LogP contribution in [0.2, 0.25) is 0 Å². The molecule has 1 aromatic rings. The number of anilines is 1. The molecule has 0 saturated carbocycles. The van der Waals surface area contributed by atoms with E-state index in [1.54, 1.807) is 0 Å². The van der Waals surface area contributed by atoms with Crippen LogP contribution in [-0.4, -0.2) is 18.2 Å². The minimum absolute atomic E-state index is 0.399. The topological polar surface area (TPSA) is 50.4 Å². The van der Waals surface area contributed by atoms with Crippen LogP contribution in [0.5, 0.6) is 0 Å². The molecule has 4 nitrogen and oxygen atoms in total. The van der Waals surface area contributed by atoms with Gasteiger partial charge in [-0.3, -0.25) is 5.32 Å². The zero-order valence-electron chi connectivity index (χ0n) is 12.4. The van der Waals surface area contributed by atoms with Gasteiger partial charge < -0.3 is 10.1 Å². The number of halogens is 1. The highest BCUT2D eigenvalue weighted by atomic mass is 79.9.